The minimum absolute atomic E-state index is 0.267. The molecule has 114 valence electrons. The number of methoxy groups -OCH3 is 3. The number of rotatable bonds is 10. The predicted octanol–water partition coefficient (Wildman–Crippen LogP) is 1.96. The lowest BCUT2D eigenvalue weighted by atomic mass is 10.1. The molecule has 0 radical (unpaired) electrons. The number of ether oxygens (including phenoxy) is 3. The Morgan fingerprint density at radius 2 is 1.55 bits per heavy atom. The fourth-order valence-electron chi connectivity index (χ4n) is 1.99. The van der Waals surface area contributed by atoms with E-state index in [0.29, 0.717) is 18.0 Å². The minimum atomic E-state index is 0.267. The SMILES string of the molecule is COc1cc(OC)c(OC)cc1CNCCCCCO. The summed E-state index contributed by atoms with van der Waals surface area (Å²) in [6, 6.07) is 3.76. The Hall–Kier alpha value is -1.46. The monoisotopic (exact) mass is 283 g/mol. The second-order valence-electron chi connectivity index (χ2n) is 4.48. The van der Waals surface area contributed by atoms with Crippen LogP contribution >= 0.6 is 0 Å². The number of unbranched alkanes of at least 4 members (excludes halogenated alkanes) is 2. The fourth-order valence-corrected chi connectivity index (χ4v) is 1.99. The molecule has 1 aromatic rings. The van der Waals surface area contributed by atoms with Gasteiger partial charge >= 0.3 is 0 Å². The maximum atomic E-state index is 8.71. The van der Waals surface area contributed by atoms with Crippen LogP contribution in [0, 0.1) is 0 Å². The Morgan fingerprint density at radius 1 is 0.900 bits per heavy atom. The van der Waals surface area contributed by atoms with Crippen molar-refractivity contribution in [2.24, 2.45) is 0 Å². The van der Waals surface area contributed by atoms with E-state index in [0.717, 1.165) is 37.1 Å². The van der Waals surface area contributed by atoms with E-state index in [4.69, 9.17) is 19.3 Å². The van der Waals surface area contributed by atoms with Crippen molar-refractivity contribution in [1.29, 1.82) is 0 Å². The standard InChI is InChI=1S/C15H25NO4/c1-18-13-10-15(20-3)14(19-2)9-12(13)11-16-7-5-4-6-8-17/h9-10,16-17H,4-8,11H2,1-3H3. The van der Waals surface area contributed by atoms with Crippen molar-refractivity contribution in [2.75, 3.05) is 34.5 Å². The van der Waals surface area contributed by atoms with Crippen molar-refractivity contribution in [1.82, 2.24) is 5.32 Å². The molecule has 5 nitrogen and oxygen atoms in total. The maximum absolute atomic E-state index is 8.71. The number of hydrogen-bond donors (Lipinski definition) is 2. The van der Waals surface area contributed by atoms with Crippen molar-refractivity contribution in [3.63, 3.8) is 0 Å². The van der Waals surface area contributed by atoms with Crippen LogP contribution in [0.4, 0.5) is 0 Å². The molecule has 20 heavy (non-hydrogen) atoms. The number of hydrogen-bond acceptors (Lipinski definition) is 5. The zero-order valence-corrected chi connectivity index (χ0v) is 12.6. The normalized spacial score (nSPS) is 10.4. The van der Waals surface area contributed by atoms with Gasteiger partial charge in [-0.2, -0.15) is 0 Å². The highest BCUT2D eigenvalue weighted by molar-refractivity contribution is 5.50. The smallest absolute Gasteiger partial charge is 0.164 e. The summed E-state index contributed by atoms with van der Waals surface area (Å²) in [4.78, 5) is 0. The van der Waals surface area contributed by atoms with Crippen molar-refractivity contribution in [3.8, 4) is 17.2 Å². The molecule has 0 atom stereocenters. The first-order chi connectivity index (χ1) is 9.76. The van der Waals surface area contributed by atoms with E-state index in [1.54, 1.807) is 21.3 Å². The largest absolute Gasteiger partial charge is 0.496 e. The van der Waals surface area contributed by atoms with Gasteiger partial charge in [-0.05, 0) is 31.9 Å². The van der Waals surface area contributed by atoms with E-state index in [1.165, 1.54) is 0 Å². The number of aliphatic hydroxyl groups is 1. The maximum Gasteiger partial charge on any atom is 0.164 e. The van der Waals surface area contributed by atoms with Gasteiger partial charge in [0.25, 0.3) is 0 Å². The number of benzene rings is 1. The third-order valence-electron chi connectivity index (χ3n) is 3.11. The molecule has 0 aliphatic heterocycles. The molecular weight excluding hydrogens is 258 g/mol. The summed E-state index contributed by atoms with van der Waals surface area (Å²) in [6.07, 6.45) is 2.95. The molecule has 1 aromatic carbocycles. The van der Waals surface area contributed by atoms with Crippen LogP contribution in [0.5, 0.6) is 17.2 Å². The Labute approximate surface area is 120 Å². The summed E-state index contributed by atoms with van der Waals surface area (Å²) in [5, 5.41) is 12.1. The highest BCUT2D eigenvalue weighted by Crippen LogP contribution is 2.34. The summed E-state index contributed by atoms with van der Waals surface area (Å²) in [5.41, 5.74) is 1.03. The molecule has 0 saturated carbocycles. The van der Waals surface area contributed by atoms with Gasteiger partial charge in [0.05, 0.1) is 21.3 Å². The summed E-state index contributed by atoms with van der Waals surface area (Å²) < 4.78 is 15.9. The zero-order valence-electron chi connectivity index (χ0n) is 12.6. The number of nitrogens with one attached hydrogen (secondary N) is 1. The van der Waals surface area contributed by atoms with Crippen LogP contribution in [0.3, 0.4) is 0 Å². The molecule has 5 heteroatoms. The van der Waals surface area contributed by atoms with Crippen LogP contribution in [-0.2, 0) is 6.54 Å². The first-order valence-corrected chi connectivity index (χ1v) is 6.87. The number of aliphatic hydroxyl groups excluding tert-OH is 1. The van der Waals surface area contributed by atoms with E-state index in [2.05, 4.69) is 5.32 Å². The lowest BCUT2D eigenvalue weighted by molar-refractivity contribution is 0.283. The van der Waals surface area contributed by atoms with E-state index in [9.17, 15) is 0 Å². The molecule has 0 heterocycles. The second-order valence-corrected chi connectivity index (χ2v) is 4.48. The molecule has 0 aromatic heterocycles. The van der Waals surface area contributed by atoms with E-state index in [1.807, 2.05) is 12.1 Å². The van der Waals surface area contributed by atoms with Crippen LogP contribution in [0.1, 0.15) is 24.8 Å². The molecule has 1 rings (SSSR count). The molecule has 0 amide bonds. The molecular formula is C15H25NO4. The predicted molar refractivity (Wildman–Crippen MR) is 78.7 cm³/mol. The van der Waals surface area contributed by atoms with Gasteiger partial charge in [0.2, 0.25) is 0 Å². The van der Waals surface area contributed by atoms with Gasteiger partial charge in [-0.1, -0.05) is 0 Å². The zero-order chi connectivity index (χ0) is 14.8. The van der Waals surface area contributed by atoms with Gasteiger partial charge in [0, 0.05) is 24.8 Å². The Bertz CT molecular complexity index is 396. The Morgan fingerprint density at radius 3 is 2.15 bits per heavy atom. The highest BCUT2D eigenvalue weighted by Gasteiger charge is 2.11. The lowest BCUT2D eigenvalue weighted by Crippen LogP contribution is -2.15. The van der Waals surface area contributed by atoms with Gasteiger partial charge < -0.3 is 24.6 Å². The van der Waals surface area contributed by atoms with Crippen LogP contribution in [0.25, 0.3) is 0 Å². The van der Waals surface area contributed by atoms with E-state index in [-0.39, 0.29) is 6.61 Å². The van der Waals surface area contributed by atoms with Crippen molar-refractivity contribution >= 4 is 0 Å². The average molecular weight is 283 g/mol. The molecule has 0 unspecified atom stereocenters. The minimum Gasteiger partial charge on any atom is -0.496 e. The topological polar surface area (TPSA) is 60.0 Å². The van der Waals surface area contributed by atoms with Crippen molar-refractivity contribution < 1.29 is 19.3 Å². The van der Waals surface area contributed by atoms with Crippen molar-refractivity contribution in [3.05, 3.63) is 17.7 Å². The molecule has 0 aliphatic rings. The summed E-state index contributed by atoms with van der Waals surface area (Å²) >= 11 is 0. The van der Waals surface area contributed by atoms with Gasteiger partial charge in [0.15, 0.2) is 11.5 Å². The van der Waals surface area contributed by atoms with Gasteiger partial charge in [0.1, 0.15) is 5.75 Å². The Kier molecular flexibility index (Phi) is 7.84. The van der Waals surface area contributed by atoms with Gasteiger partial charge in [-0.25, -0.2) is 0 Å². The molecule has 0 fully saturated rings. The third-order valence-corrected chi connectivity index (χ3v) is 3.11. The van der Waals surface area contributed by atoms with Gasteiger partial charge in [-0.3, -0.25) is 0 Å². The summed E-state index contributed by atoms with van der Waals surface area (Å²) in [5.74, 6) is 2.15. The fraction of sp³-hybridized carbons (Fsp3) is 0.600. The Balaban J connectivity index is 2.59. The average Bonchev–Trinajstić information content (AvgIpc) is 2.49. The van der Waals surface area contributed by atoms with Gasteiger partial charge in [-0.15, -0.1) is 0 Å². The van der Waals surface area contributed by atoms with E-state index >= 15 is 0 Å². The second kappa shape index (κ2) is 9.44. The first kappa shape index (κ1) is 16.6. The third kappa shape index (κ3) is 4.90. The molecule has 0 saturated heterocycles. The highest BCUT2D eigenvalue weighted by atomic mass is 16.5. The summed E-state index contributed by atoms with van der Waals surface area (Å²) in [6.45, 7) is 1.89. The lowest BCUT2D eigenvalue weighted by Gasteiger charge is -2.14. The molecule has 0 spiro atoms. The molecule has 0 aliphatic carbocycles. The van der Waals surface area contributed by atoms with Crippen LogP contribution in [0.15, 0.2) is 12.1 Å². The first-order valence-electron chi connectivity index (χ1n) is 6.87. The summed E-state index contributed by atoms with van der Waals surface area (Å²) in [7, 11) is 4.87. The van der Waals surface area contributed by atoms with Crippen LogP contribution in [0.2, 0.25) is 0 Å². The van der Waals surface area contributed by atoms with E-state index < -0.39 is 0 Å². The molecule has 2 N–H and O–H groups in total. The quantitative estimate of drug-likeness (QED) is 0.643. The van der Waals surface area contributed by atoms with Crippen LogP contribution < -0.4 is 19.5 Å². The molecule has 0 bridgehead atoms. The van der Waals surface area contributed by atoms with Crippen LogP contribution in [-0.4, -0.2) is 39.6 Å². The van der Waals surface area contributed by atoms with Crippen molar-refractivity contribution in [2.45, 2.75) is 25.8 Å².